The molecule has 0 saturated carbocycles. The Labute approximate surface area is 164 Å². The molecule has 0 radical (unpaired) electrons. The third-order valence-corrected chi connectivity index (χ3v) is 4.70. The predicted octanol–water partition coefficient (Wildman–Crippen LogP) is 3.42. The molecule has 0 spiro atoms. The van der Waals surface area contributed by atoms with Crippen molar-refractivity contribution in [1.29, 1.82) is 0 Å². The molecule has 1 amide bonds. The molecule has 2 N–H and O–H groups in total. The van der Waals surface area contributed by atoms with E-state index in [4.69, 9.17) is 9.47 Å². The van der Waals surface area contributed by atoms with Crippen molar-refractivity contribution >= 4 is 28.8 Å². The average molecular weight is 386 g/mol. The third kappa shape index (κ3) is 2.96. The molecule has 142 valence electrons. The zero-order chi connectivity index (χ0) is 19.8. The van der Waals surface area contributed by atoms with Crippen LogP contribution in [0.3, 0.4) is 0 Å². The molecule has 0 saturated heterocycles. The molecule has 0 unspecified atom stereocenters. The Morgan fingerprint density at radius 3 is 2.66 bits per heavy atom. The van der Waals surface area contributed by atoms with Gasteiger partial charge in [0.05, 0.1) is 5.52 Å². The van der Waals surface area contributed by atoms with Crippen molar-refractivity contribution < 1.29 is 19.1 Å². The van der Waals surface area contributed by atoms with Crippen molar-refractivity contribution in [2.24, 2.45) is 0 Å². The van der Waals surface area contributed by atoms with Crippen molar-refractivity contribution in [1.82, 2.24) is 15.2 Å². The second-order valence-electron chi connectivity index (χ2n) is 6.43. The number of H-pyrrole nitrogens is 1. The van der Waals surface area contributed by atoms with E-state index in [9.17, 15) is 9.59 Å². The highest BCUT2D eigenvalue weighted by atomic mass is 16.7. The zero-order valence-corrected chi connectivity index (χ0v) is 15.0. The van der Waals surface area contributed by atoms with E-state index in [2.05, 4.69) is 20.5 Å². The van der Waals surface area contributed by atoms with Gasteiger partial charge in [-0.15, -0.1) is 0 Å². The fourth-order valence-corrected chi connectivity index (χ4v) is 3.29. The van der Waals surface area contributed by atoms with Crippen molar-refractivity contribution in [2.45, 2.75) is 0 Å². The second-order valence-corrected chi connectivity index (χ2v) is 6.43. The Kier molecular flexibility index (Phi) is 3.94. The number of hydrogen-bond acceptors (Lipinski definition) is 6. The molecule has 0 fully saturated rings. The van der Waals surface area contributed by atoms with Crippen LogP contribution in [-0.4, -0.2) is 34.2 Å². The van der Waals surface area contributed by atoms with Crippen LogP contribution in [0.1, 0.15) is 20.8 Å². The lowest BCUT2D eigenvalue weighted by molar-refractivity contribution is 0.102. The Hall–Kier alpha value is -4.20. The van der Waals surface area contributed by atoms with Gasteiger partial charge in [-0.1, -0.05) is 6.07 Å². The van der Waals surface area contributed by atoms with E-state index in [-0.39, 0.29) is 18.4 Å². The van der Waals surface area contributed by atoms with E-state index in [0.29, 0.717) is 39.2 Å². The van der Waals surface area contributed by atoms with Crippen LogP contribution in [0.15, 0.2) is 54.9 Å². The molecule has 3 heterocycles. The van der Waals surface area contributed by atoms with E-state index in [1.807, 2.05) is 18.2 Å². The number of hydrogen-bond donors (Lipinski definition) is 2. The maximum Gasteiger partial charge on any atom is 0.276 e. The van der Waals surface area contributed by atoms with Gasteiger partial charge in [-0.05, 0) is 47.5 Å². The van der Waals surface area contributed by atoms with Crippen LogP contribution in [0, 0.1) is 0 Å². The van der Waals surface area contributed by atoms with Crippen molar-refractivity contribution in [3.63, 3.8) is 0 Å². The van der Waals surface area contributed by atoms with Gasteiger partial charge in [-0.2, -0.15) is 5.10 Å². The van der Waals surface area contributed by atoms with Gasteiger partial charge in [-0.3, -0.25) is 19.7 Å². The zero-order valence-electron chi connectivity index (χ0n) is 15.0. The van der Waals surface area contributed by atoms with E-state index >= 15 is 0 Å². The summed E-state index contributed by atoms with van der Waals surface area (Å²) in [5.74, 6) is 0.770. The number of aromatic nitrogens is 3. The highest BCUT2D eigenvalue weighted by Gasteiger charge is 2.20. The van der Waals surface area contributed by atoms with E-state index in [0.717, 1.165) is 11.8 Å². The summed E-state index contributed by atoms with van der Waals surface area (Å²) in [5.41, 5.74) is 3.51. The van der Waals surface area contributed by atoms with Crippen molar-refractivity contribution in [2.75, 3.05) is 12.1 Å². The number of anilines is 1. The molecular formula is C21H14N4O4. The number of carbonyl (C=O) groups is 2. The molecule has 1 aliphatic rings. The third-order valence-electron chi connectivity index (χ3n) is 4.70. The van der Waals surface area contributed by atoms with Crippen LogP contribution in [-0.2, 0) is 0 Å². The highest BCUT2D eigenvalue weighted by molar-refractivity contribution is 6.11. The van der Waals surface area contributed by atoms with Gasteiger partial charge in [0, 0.05) is 29.0 Å². The van der Waals surface area contributed by atoms with Gasteiger partial charge in [-0.25, -0.2) is 0 Å². The number of ether oxygens (including phenoxy) is 2. The number of carbonyl (C=O) groups excluding carboxylic acids is 2. The number of rotatable bonds is 4. The molecule has 0 aliphatic carbocycles. The number of nitrogens with one attached hydrogen (secondary N) is 2. The van der Waals surface area contributed by atoms with Crippen LogP contribution in [0.25, 0.3) is 22.0 Å². The molecule has 4 aromatic rings. The Morgan fingerprint density at radius 2 is 1.86 bits per heavy atom. The summed E-state index contributed by atoms with van der Waals surface area (Å²) in [5, 5.41) is 10.5. The fourth-order valence-electron chi connectivity index (χ4n) is 3.29. The van der Waals surface area contributed by atoms with E-state index in [1.54, 1.807) is 36.7 Å². The molecule has 1 aliphatic heterocycles. The lowest BCUT2D eigenvalue weighted by Crippen LogP contribution is -2.12. The smallest absolute Gasteiger partial charge is 0.276 e. The predicted molar refractivity (Wildman–Crippen MR) is 105 cm³/mol. The molecule has 0 bridgehead atoms. The van der Waals surface area contributed by atoms with Gasteiger partial charge < -0.3 is 14.8 Å². The average Bonchev–Trinajstić information content (AvgIpc) is 3.39. The van der Waals surface area contributed by atoms with Crippen LogP contribution in [0.4, 0.5) is 5.69 Å². The van der Waals surface area contributed by atoms with Gasteiger partial charge in [0.15, 0.2) is 23.5 Å². The standard InChI is InChI=1S/C21H14N4O4/c26-10-13-8-18-19(29-11-28-18)9-15(13)12-1-2-17-16(7-12)20(25-24-17)21(27)23-14-3-5-22-6-4-14/h1-10H,11H2,(H,24,25)(H,22,23,27). The fraction of sp³-hybridized carbons (Fsp3) is 0.0476. The normalized spacial score (nSPS) is 12.1. The van der Waals surface area contributed by atoms with Crippen LogP contribution < -0.4 is 14.8 Å². The summed E-state index contributed by atoms with van der Waals surface area (Å²) in [6, 6.07) is 12.3. The number of amides is 1. The first-order valence-corrected chi connectivity index (χ1v) is 8.81. The minimum absolute atomic E-state index is 0.122. The van der Waals surface area contributed by atoms with E-state index in [1.165, 1.54) is 0 Å². The number of aromatic amines is 1. The molecule has 8 heteroatoms. The minimum Gasteiger partial charge on any atom is -0.454 e. The van der Waals surface area contributed by atoms with Gasteiger partial charge in [0.25, 0.3) is 5.91 Å². The first kappa shape index (κ1) is 16.9. The van der Waals surface area contributed by atoms with Crippen molar-refractivity contribution in [3.8, 4) is 22.6 Å². The molecule has 29 heavy (non-hydrogen) atoms. The topological polar surface area (TPSA) is 106 Å². The summed E-state index contributed by atoms with van der Waals surface area (Å²) in [6.07, 6.45) is 3.96. The summed E-state index contributed by atoms with van der Waals surface area (Å²) in [7, 11) is 0. The lowest BCUT2D eigenvalue weighted by atomic mass is 9.98. The monoisotopic (exact) mass is 386 g/mol. The van der Waals surface area contributed by atoms with Crippen LogP contribution >= 0.6 is 0 Å². The molecule has 2 aromatic carbocycles. The Bertz CT molecular complexity index is 1250. The largest absolute Gasteiger partial charge is 0.454 e. The Morgan fingerprint density at radius 1 is 1.07 bits per heavy atom. The van der Waals surface area contributed by atoms with Crippen LogP contribution in [0.2, 0.25) is 0 Å². The summed E-state index contributed by atoms with van der Waals surface area (Å²) < 4.78 is 10.8. The van der Waals surface area contributed by atoms with Gasteiger partial charge >= 0.3 is 0 Å². The molecule has 2 aromatic heterocycles. The highest BCUT2D eigenvalue weighted by Crippen LogP contribution is 2.39. The first-order chi connectivity index (χ1) is 14.2. The minimum atomic E-state index is -0.346. The number of pyridine rings is 1. The van der Waals surface area contributed by atoms with Gasteiger partial charge in [0.1, 0.15) is 0 Å². The van der Waals surface area contributed by atoms with Crippen molar-refractivity contribution in [3.05, 3.63) is 66.1 Å². The first-order valence-electron chi connectivity index (χ1n) is 8.81. The maximum atomic E-state index is 12.7. The molecule has 0 atom stereocenters. The quantitative estimate of drug-likeness (QED) is 0.521. The van der Waals surface area contributed by atoms with Crippen LogP contribution in [0.5, 0.6) is 11.5 Å². The molecule has 5 rings (SSSR count). The molecule has 8 nitrogen and oxygen atoms in total. The Balaban J connectivity index is 1.57. The summed E-state index contributed by atoms with van der Waals surface area (Å²) in [4.78, 5) is 28.2. The molecular weight excluding hydrogens is 372 g/mol. The van der Waals surface area contributed by atoms with Gasteiger partial charge in [0.2, 0.25) is 6.79 Å². The van der Waals surface area contributed by atoms with E-state index < -0.39 is 0 Å². The number of fused-ring (bicyclic) bond motifs is 2. The number of benzene rings is 2. The number of nitrogens with zero attached hydrogens (tertiary/aromatic N) is 2. The summed E-state index contributed by atoms with van der Waals surface area (Å²) >= 11 is 0. The summed E-state index contributed by atoms with van der Waals surface area (Å²) in [6.45, 7) is 0.122. The lowest BCUT2D eigenvalue weighted by Gasteiger charge is -2.08. The second kappa shape index (κ2) is 6.75. The maximum absolute atomic E-state index is 12.7. The number of aldehydes is 1. The SMILES string of the molecule is O=Cc1cc2c(cc1-c1ccc3[nH]nc(C(=O)Nc4ccncc4)c3c1)OCO2.